The molecule has 0 fully saturated rings. The Labute approximate surface area is 191 Å². The van der Waals surface area contributed by atoms with Gasteiger partial charge in [-0.2, -0.15) is 5.10 Å². The number of pyridine rings is 1. The first kappa shape index (κ1) is 22.0. The van der Waals surface area contributed by atoms with Crippen LogP contribution in [-0.4, -0.2) is 50.0 Å². The van der Waals surface area contributed by atoms with E-state index in [1.54, 1.807) is 24.9 Å². The summed E-state index contributed by atoms with van der Waals surface area (Å²) in [5.41, 5.74) is 10.7. The first-order valence-corrected chi connectivity index (χ1v) is 10.3. The number of rotatable bonds is 7. The SMILES string of the molecule is COc1cc2ncnc(-c3cn(C)nc3-c3ccccc3)c2nc1OC(C)/C(=C/N)N(C)N. The number of benzene rings is 1. The molecule has 170 valence electrons. The van der Waals surface area contributed by atoms with Crippen LogP contribution in [-0.2, 0) is 7.05 Å². The number of nitrogens with two attached hydrogens (primary N) is 2. The Kier molecular flexibility index (Phi) is 6.09. The molecule has 0 radical (unpaired) electrons. The fraction of sp³-hybridized carbons (Fsp3) is 0.217. The molecule has 0 saturated carbocycles. The summed E-state index contributed by atoms with van der Waals surface area (Å²) < 4.78 is 13.4. The lowest BCUT2D eigenvalue weighted by atomic mass is 10.0. The molecule has 4 N–H and O–H groups in total. The van der Waals surface area contributed by atoms with Gasteiger partial charge in [0, 0.05) is 43.7 Å². The minimum Gasteiger partial charge on any atom is -0.491 e. The summed E-state index contributed by atoms with van der Waals surface area (Å²) in [5.74, 6) is 6.57. The molecule has 4 aromatic rings. The number of hydrogen-bond acceptors (Lipinski definition) is 9. The van der Waals surface area contributed by atoms with Crippen molar-refractivity contribution in [3.63, 3.8) is 0 Å². The molecular formula is C23H26N8O2. The van der Waals surface area contributed by atoms with Gasteiger partial charge in [-0.05, 0) is 6.92 Å². The lowest BCUT2D eigenvalue weighted by molar-refractivity contribution is 0.197. The molecule has 1 aromatic carbocycles. The van der Waals surface area contributed by atoms with Crippen LogP contribution >= 0.6 is 0 Å². The van der Waals surface area contributed by atoms with Crippen molar-refractivity contribution in [1.82, 2.24) is 29.7 Å². The molecule has 0 aliphatic heterocycles. The molecule has 0 spiro atoms. The average molecular weight is 447 g/mol. The van der Waals surface area contributed by atoms with Crippen LogP contribution in [0.4, 0.5) is 0 Å². The Morgan fingerprint density at radius 3 is 2.61 bits per heavy atom. The molecule has 10 heteroatoms. The van der Waals surface area contributed by atoms with Gasteiger partial charge in [-0.15, -0.1) is 0 Å². The number of likely N-dealkylation sites (N-methyl/N-ethyl adjacent to an activating group) is 1. The van der Waals surface area contributed by atoms with E-state index in [-0.39, 0.29) is 5.88 Å². The van der Waals surface area contributed by atoms with Crippen LogP contribution in [0.3, 0.4) is 0 Å². The molecule has 1 atom stereocenters. The van der Waals surface area contributed by atoms with Gasteiger partial charge in [0.25, 0.3) is 5.88 Å². The highest BCUT2D eigenvalue weighted by atomic mass is 16.5. The predicted molar refractivity (Wildman–Crippen MR) is 126 cm³/mol. The number of aromatic nitrogens is 5. The predicted octanol–water partition coefficient (Wildman–Crippen LogP) is 2.47. The van der Waals surface area contributed by atoms with Crippen LogP contribution in [0.5, 0.6) is 11.6 Å². The van der Waals surface area contributed by atoms with Gasteiger partial charge in [0.05, 0.1) is 18.3 Å². The Hall–Kier alpha value is -4.18. The maximum Gasteiger partial charge on any atom is 0.258 e. The summed E-state index contributed by atoms with van der Waals surface area (Å²) >= 11 is 0. The van der Waals surface area contributed by atoms with E-state index in [0.29, 0.717) is 28.2 Å². The molecule has 33 heavy (non-hydrogen) atoms. The van der Waals surface area contributed by atoms with E-state index >= 15 is 0 Å². The van der Waals surface area contributed by atoms with Gasteiger partial charge < -0.3 is 20.2 Å². The number of methoxy groups -OCH3 is 1. The summed E-state index contributed by atoms with van der Waals surface area (Å²) in [6.45, 7) is 1.82. The molecule has 3 aromatic heterocycles. The monoisotopic (exact) mass is 446 g/mol. The van der Waals surface area contributed by atoms with E-state index in [0.717, 1.165) is 16.8 Å². The Bertz CT molecular complexity index is 1300. The van der Waals surface area contributed by atoms with Gasteiger partial charge in [0.1, 0.15) is 29.3 Å². The first-order chi connectivity index (χ1) is 15.9. The molecule has 0 saturated heterocycles. The van der Waals surface area contributed by atoms with Crippen molar-refractivity contribution in [2.75, 3.05) is 14.2 Å². The summed E-state index contributed by atoms with van der Waals surface area (Å²) in [6, 6.07) is 11.7. The van der Waals surface area contributed by atoms with Gasteiger partial charge in [0.2, 0.25) is 0 Å². The minimum absolute atomic E-state index is 0.278. The Morgan fingerprint density at radius 2 is 1.94 bits per heavy atom. The van der Waals surface area contributed by atoms with E-state index in [1.165, 1.54) is 17.5 Å². The van der Waals surface area contributed by atoms with Gasteiger partial charge >= 0.3 is 0 Å². The number of aryl methyl sites for hydroxylation is 1. The Morgan fingerprint density at radius 1 is 1.18 bits per heavy atom. The molecular weight excluding hydrogens is 420 g/mol. The second kappa shape index (κ2) is 9.13. The van der Waals surface area contributed by atoms with Crippen LogP contribution in [0.1, 0.15) is 6.92 Å². The van der Waals surface area contributed by atoms with Gasteiger partial charge in [-0.25, -0.2) is 20.8 Å². The lowest BCUT2D eigenvalue weighted by Crippen LogP contribution is -2.34. The van der Waals surface area contributed by atoms with Crippen molar-refractivity contribution >= 4 is 11.0 Å². The molecule has 0 aliphatic rings. The molecule has 1 unspecified atom stereocenters. The van der Waals surface area contributed by atoms with Crippen LogP contribution in [0.2, 0.25) is 0 Å². The summed E-state index contributed by atoms with van der Waals surface area (Å²) in [5, 5.41) is 6.05. The van der Waals surface area contributed by atoms with Crippen LogP contribution in [0.25, 0.3) is 33.5 Å². The van der Waals surface area contributed by atoms with E-state index in [4.69, 9.17) is 26.0 Å². The Balaban J connectivity index is 1.87. The van der Waals surface area contributed by atoms with E-state index in [2.05, 4.69) is 15.1 Å². The molecule has 0 amide bonds. The van der Waals surface area contributed by atoms with Gasteiger partial charge in [-0.3, -0.25) is 4.68 Å². The molecule has 10 nitrogen and oxygen atoms in total. The maximum atomic E-state index is 6.09. The third kappa shape index (κ3) is 4.28. The smallest absolute Gasteiger partial charge is 0.258 e. The quantitative estimate of drug-likeness (QED) is 0.325. The fourth-order valence-electron chi connectivity index (χ4n) is 3.62. The highest BCUT2D eigenvalue weighted by Crippen LogP contribution is 2.36. The fourth-order valence-corrected chi connectivity index (χ4v) is 3.62. The lowest BCUT2D eigenvalue weighted by Gasteiger charge is -2.23. The number of ether oxygens (including phenoxy) is 2. The second-order valence-corrected chi connectivity index (χ2v) is 7.48. The second-order valence-electron chi connectivity index (χ2n) is 7.48. The van der Waals surface area contributed by atoms with Crippen molar-refractivity contribution in [2.45, 2.75) is 13.0 Å². The largest absolute Gasteiger partial charge is 0.491 e. The summed E-state index contributed by atoms with van der Waals surface area (Å²) in [7, 11) is 5.10. The molecule has 3 heterocycles. The van der Waals surface area contributed by atoms with Crippen LogP contribution < -0.4 is 21.1 Å². The standard InChI is InChI=1S/C23H26N8O2/c1-14(18(11-24)31(3)25)33-23-19(32-4)10-17-22(28-23)21(27-13-26-17)16-12-30(2)29-20(16)15-8-6-5-7-9-15/h5-14H,24-25H2,1-4H3/b18-11-. The molecule has 4 rings (SSSR count). The number of nitrogens with zero attached hydrogens (tertiary/aromatic N) is 6. The van der Waals surface area contributed by atoms with Crippen molar-refractivity contribution in [1.29, 1.82) is 0 Å². The zero-order valence-electron chi connectivity index (χ0n) is 18.9. The molecule has 0 aliphatic carbocycles. The van der Waals surface area contributed by atoms with Crippen LogP contribution in [0, 0.1) is 0 Å². The number of fused-ring (bicyclic) bond motifs is 1. The number of hydrazine groups is 1. The minimum atomic E-state index is -0.477. The topological polar surface area (TPSA) is 130 Å². The van der Waals surface area contributed by atoms with E-state index in [9.17, 15) is 0 Å². The number of hydrogen-bond donors (Lipinski definition) is 2. The van der Waals surface area contributed by atoms with Gasteiger partial charge in [0.15, 0.2) is 5.75 Å². The van der Waals surface area contributed by atoms with E-state index < -0.39 is 6.10 Å². The zero-order chi connectivity index (χ0) is 23.5. The van der Waals surface area contributed by atoms with Crippen LogP contribution in [0.15, 0.2) is 60.8 Å². The highest BCUT2D eigenvalue weighted by Gasteiger charge is 2.21. The average Bonchev–Trinajstić information content (AvgIpc) is 3.20. The van der Waals surface area contributed by atoms with Crippen molar-refractivity contribution in [2.24, 2.45) is 18.6 Å². The maximum absolute atomic E-state index is 6.09. The van der Waals surface area contributed by atoms with Crippen molar-refractivity contribution in [3.05, 3.63) is 60.8 Å². The third-order valence-corrected chi connectivity index (χ3v) is 5.18. The van der Waals surface area contributed by atoms with Gasteiger partial charge in [-0.1, -0.05) is 30.3 Å². The highest BCUT2D eigenvalue weighted by molar-refractivity contribution is 5.94. The first-order valence-electron chi connectivity index (χ1n) is 10.3. The molecule has 0 bridgehead atoms. The normalized spacial score (nSPS) is 12.6. The zero-order valence-corrected chi connectivity index (χ0v) is 18.9. The van der Waals surface area contributed by atoms with E-state index in [1.807, 2.05) is 50.5 Å². The third-order valence-electron chi connectivity index (χ3n) is 5.18. The summed E-state index contributed by atoms with van der Waals surface area (Å²) in [6.07, 6.45) is 4.34. The van der Waals surface area contributed by atoms with Crippen molar-refractivity contribution in [3.8, 4) is 34.1 Å². The van der Waals surface area contributed by atoms with Crippen molar-refractivity contribution < 1.29 is 9.47 Å². The summed E-state index contributed by atoms with van der Waals surface area (Å²) in [4.78, 5) is 13.7.